The quantitative estimate of drug-likeness (QED) is 0.877. The van der Waals surface area contributed by atoms with Gasteiger partial charge in [-0.25, -0.2) is 13.8 Å². The van der Waals surface area contributed by atoms with Gasteiger partial charge in [0.05, 0.1) is 19.2 Å². The lowest BCUT2D eigenvalue weighted by molar-refractivity contribution is -0.139. The molecule has 0 amide bonds. The minimum atomic E-state index is -0.672. The number of nitrogens with zero attached hydrogens (tertiary/aromatic N) is 1. The second-order valence-electron chi connectivity index (χ2n) is 3.68. The van der Waals surface area contributed by atoms with E-state index in [2.05, 4.69) is 15.0 Å². The number of thiazole rings is 1. The third kappa shape index (κ3) is 3.72. The molecule has 0 saturated carbocycles. The smallest absolute Gasteiger partial charge is 0.311 e. The molecule has 0 saturated heterocycles. The van der Waals surface area contributed by atoms with E-state index in [1.54, 1.807) is 5.38 Å². The first kappa shape index (κ1) is 13.4. The van der Waals surface area contributed by atoms with Crippen molar-refractivity contribution in [3.63, 3.8) is 0 Å². The van der Waals surface area contributed by atoms with Crippen LogP contribution in [0.1, 0.15) is 5.69 Å². The maximum Gasteiger partial charge on any atom is 0.311 e. The molecule has 0 fully saturated rings. The maximum absolute atomic E-state index is 13.0. The number of rotatable bonds is 4. The molecule has 100 valence electrons. The zero-order chi connectivity index (χ0) is 13.8. The Morgan fingerprint density at radius 1 is 1.37 bits per heavy atom. The fourth-order valence-electron chi connectivity index (χ4n) is 1.42. The van der Waals surface area contributed by atoms with Crippen molar-refractivity contribution in [1.82, 2.24) is 4.98 Å². The Morgan fingerprint density at radius 3 is 2.68 bits per heavy atom. The Bertz CT molecular complexity index is 581. The van der Waals surface area contributed by atoms with E-state index in [9.17, 15) is 13.6 Å². The monoisotopic (exact) mass is 284 g/mol. The van der Waals surface area contributed by atoms with Crippen LogP contribution in [-0.4, -0.2) is 18.1 Å². The number of carbonyl (C=O) groups is 1. The molecule has 0 bridgehead atoms. The van der Waals surface area contributed by atoms with E-state index in [1.807, 2.05) is 0 Å². The summed E-state index contributed by atoms with van der Waals surface area (Å²) in [7, 11) is 1.30. The van der Waals surface area contributed by atoms with Gasteiger partial charge in [-0.1, -0.05) is 0 Å². The molecule has 0 aliphatic heterocycles. The minimum absolute atomic E-state index is 0.0617. The van der Waals surface area contributed by atoms with E-state index in [-0.39, 0.29) is 12.1 Å². The molecule has 0 aliphatic rings. The summed E-state index contributed by atoms with van der Waals surface area (Å²) in [5.41, 5.74) is 0.799. The molecular formula is C12H10F2N2O2S. The van der Waals surface area contributed by atoms with Gasteiger partial charge in [0.15, 0.2) is 5.13 Å². The molecule has 7 heteroatoms. The van der Waals surface area contributed by atoms with Gasteiger partial charge in [0.2, 0.25) is 0 Å². The molecule has 1 heterocycles. The number of hydrogen-bond acceptors (Lipinski definition) is 5. The van der Waals surface area contributed by atoms with Crippen LogP contribution in [0, 0.1) is 11.6 Å². The van der Waals surface area contributed by atoms with Crippen molar-refractivity contribution in [2.75, 3.05) is 12.4 Å². The van der Waals surface area contributed by atoms with Gasteiger partial charge in [-0.3, -0.25) is 4.79 Å². The van der Waals surface area contributed by atoms with Crippen LogP contribution in [0.3, 0.4) is 0 Å². The van der Waals surface area contributed by atoms with E-state index in [0.29, 0.717) is 10.8 Å². The normalized spacial score (nSPS) is 10.3. The summed E-state index contributed by atoms with van der Waals surface area (Å²) in [5.74, 6) is -1.74. The number of aromatic nitrogens is 1. The van der Waals surface area contributed by atoms with Crippen molar-refractivity contribution in [2.24, 2.45) is 0 Å². The molecule has 1 aromatic heterocycles. The highest BCUT2D eigenvalue weighted by Crippen LogP contribution is 2.22. The van der Waals surface area contributed by atoms with Crippen molar-refractivity contribution < 1.29 is 18.3 Å². The van der Waals surface area contributed by atoms with Crippen LogP contribution < -0.4 is 5.32 Å². The predicted octanol–water partition coefficient (Wildman–Crippen LogP) is 2.88. The average Bonchev–Trinajstić information content (AvgIpc) is 2.74. The molecule has 0 radical (unpaired) electrons. The van der Waals surface area contributed by atoms with Crippen LogP contribution in [0.4, 0.5) is 19.6 Å². The van der Waals surface area contributed by atoms with Crippen molar-refractivity contribution in [3.05, 3.63) is 40.9 Å². The van der Waals surface area contributed by atoms with Crippen molar-refractivity contribution in [1.29, 1.82) is 0 Å². The van der Waals surface area contributed by atoms with E-state index in [1.165, 1.54) is 18.4 Å². The number of ether oxygens (including phenoxy) is 1. The fraction of sp³-hybridized carbons (Fsp3) is 0.167. The summed E-state index contributed by atoms with van der Waals surface area (Å²) in [6.45, 7) is 0. The Morgan fingerprint density at radius 2 is 2.05 bits per heavy atom. The Balaban J connectivity index is 2.09. The first-order chi connectivity index (χ1) is 9.06. The van der Waals surface area contributed by atoms with Gasteiger partial charge < -0.3 is 10.1 Å². The van der Waals surface area contributed by atoms with E-state index in [4.69, 9.17) is 0 Å². The number of nitrogens with one attached hydrogen (secondary N) is 1. The predicted molar refractivity (Wildman–Crippen MR) is 67.5 cm³/mol. The van der Waals surface area contributed by atoms with Gasteiger partial charge in [0, 0.05) is 17.1 Å². The molecule has 0 unspecified atom stereocenters. The molecule has 1 aromatic carbocycles. The molecule has 2 rings (SSSR count). The SMILES string of the molecule is COC(=O)Cc1csc(Nc2cc(F)cc(F)c2)n1. The molecule has 0 aliphatic carbocycles. The molecule has 19 heavy (non-hydrogen) atoms. The molecule has 2 aromatic rings. The number of anilines is 2. The van der Waals surface area contributed by atoms with Gasteiger partial charge in [-0.05, 0) is 12.1 Å². The standard InChI is InChI=1S/C12H10F2N2O2S/c1-18-11(17)5-10-6-19-12(16-10)15-9-3-7(13)2-8(14)4-9/h2-4,6H,5H2,1H3,(H,15,16). The molecule has 1 N–H and O–H groups in total. The van der Waals surface area contributed by atoms with E-state index >= 15 is 0 Å². The Hall–Kier alpha value is -2.02. The highest BCUT2D eigenvalue weighted by atomic mass is 32.1. The third-order valence-corrected chi connectivity index (χ3v) is 3.03. The van der Waals surface area contributed by atoms with Gasteiger partial charge in [0.25, 0.3) is 0 Å². The molecule has 4 nitrogen and oxygen atoms in total. The van der Waals surface area contributed by atoms with Gasteiger partial charge >= 0.3 is 5.97 Å². The van der Waals surface area contributed by atoms with Gasteiger partial charge in [0.1, 0.15) is 11.6 Å². The van der Waals surface area contributed by atoms with Crippen LogP contribution >= 0.6 is 11.3 Å². The average molecular weight is 284 g/mol. The van der Waals surface area contributed by atoms with Crippen LogP contribution in [0.2, 0.25) is 0 Å². The van der Waals surface area contributed by atoms with Crippen molar-refractivity contribution in [2.45, 2.75) is 6.42 Å². The molecule has 0 atom stereocenters. The number of halogens is 2. The van der Waals surface area contributed by atoms with E-state index in [0.717, 1.165) is 18.2 Å². The lowest BCUT2D eigenvalue weighted by atomic mass is 10.3. The summed E-state index contributed by atoms with van der Waals surface area (Å²) in [6, 6.07) is 3.10. The fourth-order valence-corrected chi connectivity index (χ4v) is 2.15. The topological polar surface area (TPSA) is 51.2 Å². The summed E-state index contributed by atoms with van der Waals surface area (Å²) >= 11 is 1.23. The first-order valence-corrected chi connectivity index (χ1v) is 6.19. The van der Waals surface area contributed by atoms with Crippen molar-refractivity contribution >= 4 is 28.1 Å². The largest absolute Gasteiger partial charge is 0.469 e. The maximum atomic E-state index is 13.0. The van der Waals surface area contributed by atoms with Crippen LogP contribution in [0.15, 0.2) is 23.6 Å². The van der Waals surface area contributed by atoms with Gasteiger partial charge in [-0.15, -0.1) is 11.3 Å². The first-order valence-electron chi connectivity index (χ1n) is 5.31. The third-order valence-electron chi connectivity index (χ3n) is 2.22. The zero-order valence-corrected chi connectivity index (χ0v) is 10.8. The highest BCUT2D eigenvalue weighted by molar-refractivity contribution is 7.13. The second-order valence-corrected chi connectivity index (χ2v) is 4.54. The lowest BCUT2D eigenvalue weighted by Crippen LogP contribution is -2.04. The van der Waals surface area contributed by atoms with Crippen LogP contribution in [-0.2, 0) is 16.0 Å². The minimum Gasteiger partial charge on any atom is -0.469 e. The number of esters is 1. The van der Waals surface area contributed by atoms with Crippen LogP contribution in [0.25, 0.3) is 0 Å². The summed E-state index contributed by atoms with van der Waals surface area (Å²) in [6.07, 6.45) is 0.0617. The second kappa shape index (κ2) is 5.75. The lowest BCUT2D eigenvalue weighted by Gasteiger charge is -2.02. The zero-order valence-electron chi connectivity index (χ0n) is 9.94. The molecular weight excluding hydrogens is 274 g/mol. The number of benzene rings is 1. The Labute approximate surface area is 112 Å². The highest BCUT2D eigenvalue weighted by Gasteiger charge is 2.08. The summed E-state index contributed by atoms with van der Waals surface area (Å²) in [5, 5.41) is 4.90. The Kier molecular flexibility index (Phi) is 4.06. The van der Waals surface area contributed by atoms with E-state index < -0.39 is 17.6 Å². The molecule has 0 spiro atoms. The summed E-state index contributed by atoms with van der Waals surface area (Å²) in [4.78, 5) is 15.2. The van der Waals surface area contributed by atoms with Gasteiger partial charge in [-0.2, -0.15) is 0 Å². The van der Waals surface area contributed by atoms with Crippen LogP contribution in [0.5, 0.6) is 0 Å². The number of methoxy groups -OCH3 is 1. The number of carbonyl (C=O) groups excluding carboxylic acids is 1. The number of hydrogen-bond donors (Lipinski definition) is 1. The van der Waals surface area contributed by atoms with Crippen molar-refractivity contribution in [3.8, 4) is 0 Å². The summed E-state index contributed by atoms with van der Waals surface area (Å²) < 4.78 is 30.5.